The van der Waals surface area contributed by atoms with Gasteiger partial charge >= 0.3 is 0 Å². The zero-order valence-corrected chi connectivity index (χ0v) is 11.5. The molecule has 0 saturated heterocycles. The van der Waals surface area contributed by atoms with Gasteiger partial charge in [-0.2, -0.15) is 5.26 Å². The maximum atomic E-state index is 9.17. The van der Waals surface area contributed by atoms with Crippen LogP contribution in [0.2, 0.25) is 0 Å². The third-order valence-corrected chi connectivity index (χ3v) is 4.21. The van der Waals surface area contributed by atoms with E-state index in [-0.39, 0.29) is 12.0 Å². The number of hydrogen-bond donors (Lipinski definition) is 1. The molecule has 0 saturated carbocycles. The molecule has 0 aliphatic heterocycles. The van der Waals surface area contributed by atoms with Gasteiger partial charge in [0.1, 0.15) is 0 Å². The molecule has 4 heteroatoms. The van der Waals surface area contributed by atoms with Gasteiger partial charge in [0.2, 0.25) is 0 Å². The lowest BCUT2D eigenvalue weighted by Gasteiger charge is -2.23. The molecule has 1 N–H and O–H groups in total. The van der Waals surface area contributed by atoms with E-state index in [9.17, 15) is 0 Å². The summed E-state index contributed by atoms with van der Waals surface area (Å²) >= 11 is 5.12. The van der Waals surface area contributed by atoms with Crippen molar-refractivity contribution in [3.63, 3.8) is 0 Å². The van der Waals surface area contributed by atoms with Crippen LogP contribution in [0.4, 0.5) is 0 Å². The van der Waals surface area contributed by atoms with E-state index in [1.807, 2.05) is 7.05 Å². The summed E-state index contributed by atoms with van der Waals surface area (Å²) in [5, 5.41) is 14.5. The molecule has 0 aromatic carbocycles. The summed E-state index contributed by atoms with van der Waals surface area (Å²) in [7, 11) is 1.91. The zero-order chi connectivity index (χ0) is 11.4. The van der Waals surface area contributed by atoms with Gasteiger partial charge in [0, 0.05) is 14.7 Å². The summed E-state index contributed by atoms with van der Waals surface area (Å²) in [6, 6.07) is 4.60. The van der Waals surface area contributed by atoms with E-state index in [1.54, 1.807) is 11.3 Å². The Morgan fingerprint density at radius 1 is 1.53 bits per heavy atom. The average molecular weight is 287 g/mol. The van der Waals surface area contributed by atoms with E-state index >= 15 is 0 Å². The van der Waals surface area contributed by atoms with Gasteiger partial charge in [-0.3, -0.25) is 0 Å². The van der Waals surface area contributed by atoms with Gasteiger partial charge in [0.15, 0.2) is 0 Å². The highest BCUT2D eigenvalue weighted by atomic mass is 79.9. The van der Waals surface area contributed by atoms with Crippen molar-refractivity contribution in [3.05, 3.63) is 20.8 Å². The van der Waals surface area contributed by atoms with Crippen molar-refractivity contribution < 1.29 is 0 Å². The zero-order valence-electron chi connectivity index (χ0n) is 9.12. The lowest BCUT2D eigenvalue weighted by atomic mass is 9.89. The fraction of sp³-hybridized carbons (Fsp3) is 0.545. The monoisotopic (exact) mass is 286 g/mol. The number of halogens is 1. The van der Waals surface area contributed by atoms with Crippen molar-refractivity contribution in [2.45, 2.75) is 19.9 Å². The van der Waals surface area contributed by atoms with Gasteiger partial charge < -0.3 is 5.32 Å². The smallest absolute Gasteiger partial charge is 0.0689 e. The average Bonchev–Trinajstić information content (AvgIpc) is 2.60. The first-order chi connectivity index (χ1) is 7.10. The van der Waals surface area contributed by atoms with Crippen molar-refractivity contribution in [3.8, 4) is 6.07 Å². The molecule has 82 valence electrons. The van der Waals surface area contributed by atoms with Gasteiger partial charge in [-0.25, -0.2) is 0 Å². The van der Waals surface area contributed by atoms with Crippen LogP contribution in [0.5, 0.6) is 0 Å². The molecule has 1 aromatic rings. The molecule has 1 rings (SSSR count). The minimum absolute atomic E-state index is 0.0144. The Morgan fingerprint density at radius 3 is 2.53 bits per heavy atom. The van der Waals surface area contributed by atoms with Crippen molar-refractivity contribution in [1.82, 2.24) is 5.32 Å². The highest BCUT2D eigenvalue weighted by Gasteiger charge is 2.25. The molecule has 0 spiro atoms. The summed E-state index contributed by atoms with van der Waals surface area (Å²) in [5.41, 5.74) is 0. The number of thiophene rings is 1. The van der Waals surface area contributed by atoms with Crippen LogP contribution in [-0.2, 0) is 0 Å². The number of nitrogens with zero attached hydrogens (tertiary/aromatic N) is 1. The van der Waals surface area contributed by atoms with Crippen molar-refractivity contribution in [2.75, 3.05) is 7.05 Å². The van der Waals surface area contributed by atoms with E-state index in [0.717, 1.165) is 4.47 Å². The fourth-order valence-corrected chi connectivity index (χ4v) is 3.20. The number of nitriles is 1. The summed E-state index contributed by atoms with van der Waals surface area (Å²) in [6.45, 7) is 4.17. The Hall–Kier alpha value is -0.370. The maximum Gasteiger partial charge on any atom is 0.0689 e. The molecular weight excluding hydrogens is 272 g/mol. The minimum Gasteiger partial charge on any atom is -0.311 e. The van der Waals surface area contributed by atoms with Gasteiger partial charge in [-0.05, 0) is 35.0 Å². The van der Waals surface area contributed by atoms with Crippen molar-refractivity contribution in [1.29, 1.82) is 5.26 Å². The first kappa shape index (κ1) is 12.7. The van der Waals surface area contributed by atoms with E-state index in [4.69, 9.17) is 5.26 Å². The molecule has 2 nitrogen and oxygen atoms in total. The van der Waals surface area contributed by atoms with Crippen LogP contribution in [0.3, 0.4) is 0 Å². The molecule has 2 unspecified atom stereocenters. The second kappa shape index (κ2) is 5.64. The molecule has 0 bridgehead atoms. The second-order valence-electron chi connectivity index (χ2n) is 3.83. The molecule has 0 aliphatic rings. The van der Waals surface area contributed by atoms with Crippen LogP contribution >= 0.6 is 27.3 Å². The van der Waals surface area contributed by atoms with Gasteiger partial charge in [0.05, 0.1) is 18.0 Å². The highest BCUT2D eigenvalue weighted by Crippen LogP contribution is 2.32. The number of hydrogen-bond acceptors (Lipinski definition) is 3. The SMILES string of the molecule is CNC(c1cc(Br)cs1)C(C#N)C(C)C. The third kappa shape index (κ3) is 3.04. The lowest BCUT2D eigenvalue weighted by Crippen LogP contribution is -2.26. The van der Waals surface area contributed by atoms with Crippen molar-refractivity contribution in [2.24, 2.45) is 11.8 Å². The van der Waals surface area contributed by atoms with E-state index < -0.39 is 0 Å². The second-order valence-corrected chi connectivity index (χ2v) is 5.69. The predicted octanol–water partition coefficient (Wildman–Crippen LogP) is 3.57. The summed E-state index contributed by atoms with van der Waals surface area (Å²) in [5.74, 6) is 0.369. The molecule has 1 heterocycles. The molecule has 0 radical (unpaired) electrons. The van der Waals surface area contributed by atoms with E-state index in [1.165, 1.54) is 4.88 Å². The lowest BCUT2D eigenvalue weighted by molar-refractivity contribution is 0.367. The normalized spacial score (nSPS) is 14.9. The molecule has 2 atom stereocenters. The number of rotatable bonds is 4. The first-order valence-corrected chi connectivity index (χ1v) is 6.58. The summed E-state index contributed by atoms with van der Waals surface area (Å²) < 4.78 is 1.09. The Kier molecular flexibility index (Phi) is 4.78. The van der Waals surface area contributed by atoms with E-state index in [0.29, 0.717) is 5.92 Å². The molecule has 0 fully saturated rings. The predicted molar refractivity (Wildman–Crippen MR) is 67.8 cm³/mol. The standard InChI is InChI=1S/C11H15BrN2S/c1-7(2)9(5-13)11(14-3)10-4-8(12)6-15-10/h4,6-7,9,11,14H,1-3H3. The third-order valence-electron chi connectivity index (χ3n) is 2.43. The van der Waals surface area contributed by atoms with Crippen LogP contribution in [0.1, 0.15) is 24.8 Å². The van der Waals surface area contributed by atoms with Gasteiger partial charge in [-0.15, -0.1) is 11.3 Å². The first-order valence-electron chi connectivity index (χ1n) is 4.91. The van der Waals surface area contributed by atoms with Gasteiger partial charge in [0.25, 0.3) is 0 Å². The van der Waals surface area contributed by atoms with Crippen LogP contribution in [0.15, 0.2) is 15.9 Å². The summed E-state index contributed by atoms with van der Waals surface area (Å²) in [6.07, 6.45) is 0. The topological polar surface area (TPSA) is 35.8 Å². The molecule has 0 aliphatic carbocycles. The Labute approximate surface area is 103 Å². The largest absolute Gasteiger partial charge is 0.311 e. The van der Waals surface area contributed by atoms with Crippen LogP contribution in [-0.4, -0.2) is 7.05 Å². The molecule has 1 aromatic heterocycles. The minimum atomic E-state index is 0.0144. The molecule has 15 heavy (non-hydrogen) atoms. The molecular formula is C11H15BrN2S. The quantitative estimate of drug-likeness (QED) is 0.919. The Bertz CT molecular complexity index is 354. The van der Waals surface area contributed by atoms with Gasteiger partial charge in [-0.1, -0.05) is 13.8 Å². The Morgan fingerprint density at radius 2 is 2.20 bits per heavy atom. The fourth-order valence-electron chi connectivity index (χ4n) is 1.60. The Balaban J connectivity index is 2.93. The van der Waals surface area contributed by atoms with E-state index in [2.05, 4.69) is 52.6 Å². The maximum absolute atomic E-state index is 9.17. The van der Waals surface area contributed by atoms with Crippen LogP contribution < -0.4 is 5.32 Å². The highest BCUT2D eigenvalue weighted by molar-refractivity contribution is 9.10. The van der Waals surface area contributed by atoms with Crippen LogP contribution in [0, 0.1) is 23.2 Å². The molecule has 0 amide bonds. The van der Waals surface area contributed by atoms with Crippen molar-refractivity contribution >= 4 is 27.3 Å². The summed E-state index contributed by atoms with van der Waals surface area (Å²) in [4.78, 5) is 1.21. The number of nitrogens with one attached hydrogen (secondary N) is 1. The van der Waals surface area contributed by atoms with Crippen LogP contribution in [0.25, 0.3) is 0 Å².